The molecule has 0 saturated carbocycles. The van der Waals surface area contributed by atoms with E-state index in [0.29, 0.717) is 17.0 Å². The molecule has 0 heterocycles. The van der Waals surface area contributed by atoms with Gasteiger partial charge in [0.25, 0.3) is 0 Å². The van der Waals surface area contributed by atoms with Crippen LogP contribution in [0.2, 0.25) is 5.02 Å². The molecule has 2 aromatic rings. The maximum absolute atomic E-state index is 12.4. The Morgan fingerprint density at radius 1 is 1.05 bits per heavy atom. The van der Waals surface area contributed by atoms with E-state index in [4.69, 9.17) is 11.6 Å². The van der Waals surface area contributed by atoms with E-state index in [0.717, 1.165) is 17.7 Å². The maximum Gasteiger partial charge on any atom is 0.416 e. The predicted molar refractivity (Wildman–Crippen MR) is 71.6 cm³/mol. The summed E-state index contributed by atoms with van der Waals surface area (Å²) in [5.41, 5.74) is 0.541. The van der Waals surface area contributed by atoms with Gasteiger partial charge in [-0.15, -0.1) is 0 Å². The molecule has 0 spiro atoms. The van der Waals surface area contributed by atoms with Crippen molar-refractivity contribution in [2.24, 2.45) is 0 Å². The molecule has 1 N–H and O–H groups in total. The molecule has 0 saturated heterocycles. The molecule has 2 rings (SSSR count). The first-order chi connectivity index (χ1) is 9.36. The van der Waals surface area contributed by atoms with Crippen LogP contribution in [0.3, 0.4) is 0 Å². The molecule has 5 heteroatoms. The van der Waals surface area contributed by atoms with E-state index in [9.17, 15) is 18.3 Å². The van der Waals surface area contributed by atoms with Crippen LogP contribution < -0.4 is 0 Å². The minimum Gasteiger partial charge on any atom is -0.388 e. The number of benzene rings is 2. The Kier molecular flexibility index (Phi) is 4.35. The zero-order valence-corrected chi connectivity index (χ0v) is 11.1. The van der Waals surface area contributed by atoms with Crippen LogP contribution >= 0.6 is 11.6 Å². The number of rotatable bonds is 3. The van der Waals surface area contributed by atoms with Crippen LogP contribution in [0.25, 0.3) is 0 Å². The molecule has 0 aromatic heterocycles. The second-order valence-electron chi connectivity index (χ2n) is 4.47. The fourth-order valence-corrected chi connectivity index (χ4v) is 2.11. The number of aliphatic hydroxyl groups excluding tert-OH is 1. The highest BCUT2D eigenvalue weighted by molar-refractivity contribution is 6.30. The number of halogens is 4. The Bertz CT molecular complexity index is 578. The van der Waals surface area contributed by atoms with Crippen LogP contribution in [0.5, 0.6) is 0 Å². The summed E-state index contributed by atoms with van der Waals surface area (Å²) in [7, 11) is 0. The smallest absolute Gasteiger partial charge is 0.388 e. The van der Waals surface area contributed by atoms with Gasteiger partial charge in [-0.05, 0) is 35.4 Å². The zero-order valence-electron chi connectivity index (χ0n) is 10.4. The Morgan fingerprint density at radius 2 is 1.70 bits per heavy atom. The molecule has 0 aliphatic heterocycles. The van der Waals surface area contributed by atoms with Crippen molar-refractivity contribution < 1.29 is 18.3 Å². The molecule has 106 valence electrons. The zero-order chi connectivity index (χ0) is 14.8. The number of hydrogen-bond acceptors (Lipinski definition) is 1. The summed E-state index contributed by atoms with van der Waals surface area (Å²) >= 11 is 5.84. The van der Waals surface area contributed by atoms with Gasteiger partial charge in [0.1, 0.15) is 0 Å². The summed E-state index contributed by atoms with van der Waals surface area (Å²) in [6.45, 7) is 0. The van der Waals surface area contributed by atoms with Crippen molar-refractivity contribution in [3.8, 4) is 0 Å². The molecule has 0 fully saturated rings. The highest BCUT2D eigenvalue weighted by Crippen LogP contribution is 2.30. The van der Waals surface area contributed by atoms with Crippen LogP contribution in [-0.2, 0) is 12.6 Å². The number of alkyl halides is 3. The van der Waals surface area contributed by atoms with Crippen molar-refractivity contribution in [3.63, 3.8) is 0 Å². The van der Waals surface area contributed by atoms with Gasteiger partial charge in [0.2, 0.25) is 0 Å². The van der Waals surface area contributed by atoms with Crippen molar-refractivity contribution in [2.45, 2.75) is 18.7 Å². The molecule has 1 nitrogen and oxygen atoms in total. The summed E-state index contributed by atoms with van der Waals surface area (Å²) in [5, 5.41) is 10.6. The number of aliphatic hydroxyl groups is 1. The summed E-state index contributed by atoms with van der Waals surface area (Å²) in [5.74, 6) is 0. The molecule has 0 bridgehead atoms. The van der Waals surface area contributed by atoms with E-state index in [-0.39, 0.29) is 0 Å². The topological polar surface area (TPSA) is 20.2 Å². The molecule has 20 heavy (non-hydrogen) atoms. The molecule has 0 amide bonds. The lowest BCUT2D eigenvalue weighted by molar-refractivity contribution is -0.137. The molecule has 0 aliphatic carbocycles. The van der Waals surface area contributed by atoms with Crippen molar-refractivity contribution >= 4 is 11.6 Å². The summed E-state index contributed by atoms with van der Waals surface area (Å²) in [6.07, 6.45) is -4.93. The van der Waals surface area contributed by atoms with Crippen molar-refractivity contribution in [3.05, 3.63) is 70.2 Å². The molecule has 0 aliphatic rings. The second kappa shape index (κ2) is 5.85. The van der Waals surface area contributed by atoms with Gasteiger partial charge in [-0.3, -0.25) is 0 Å². The first-order valence-electron chi connectivity index (χ1n) is 5.96. The van der Waals surface area contributed by atoms with Crippen LogP contribution in [0.1, 0.15) is 22.8 Å². The first-order valence-corrected chi connectivity index (χ1v) is 6.34. The van der Waals surface area contributed by atoms with Crippen LogP contribution in [-0.4, -0.2) is 5.11 Å². The van der Waals surface area contributed by atoms with Gasteiger partial charge in [0.05, 0.1) is 11.7 Å². The minimum absolute atomic E-state index is 0.298. The predicted octanol–water partition coefficient (Wildman–Crippen LogP) is 4.63. The van der Waals surface area contributed by atoms with Gasteiger partial charge in [-0.1, -0.05) is 35.9 Å². The lowest BCUT2D eigenvalue weighted by Gasteiger charge is -2.13. The molecule has 2 aromatic carbocycles. The van der Waals surface area contributed by atoms with E-state index < -0.39 is 17.8 Å². The average Bonchev–Trinajstić information content (AvgIpc) is 2.38. The van der Waals surface area contributed by atoms with Gasteiger partial charge >= 0.3 is 6.18 Å². The van der Waals surface area contributed by atoms with Crippen LogP contribution in [0, 0.1) is 0 Å². The lowest BCUT2D eigenvalue weighted by atomic mass is 10.0. The lowest BCUT2D eigenvalue weighted by Crippen LogP contribution is -2.06. The second-order valence-corrected chi connectivity index (χ2v) is 4.91. The highest BCUT2D eigenvalue weighted by Gasteiger charge is 2.30. The molecule has 1 unspecified atom stereocenters. The van der Waals surface area contributed by atoms with E-state index >= 15 is 0 Å². The van der Waals surface area contributed by atoms with Gasteiger partial charge < -0.3 is 5.11 Å². The van der Waals surface area contributed by atoms with Gasteiger partial charge in [0, 0.05) is 11.4 Å². The van der Waals surface area contributed by atoms with E-state index in [2.05, 4.69) is 0 Å². The normalized spacial score (nSPS) is 13.2. The quantitative estimate of drug-likeness (QED) is 0.876. The molecular formula is C15H12ClF3O. The third kappa shape index (κ3) is 3.74. The van der Waals surface area contributed by atoms with E-state index in [1.807, 2.05) is 0 Å². The Labute approximate surface area is 119 Å². The van der Waals surface area contributed by atoms with E-state index in [1.165, 1.54) is 12.1 Å². The van der Waals surface area contributed by atoms with Crippen LogP contribution in [0.15, 0.2) is 48.5 Å². The van der Waals surface area contributed by atoms with Gasteiger partial charge in [-0.25, -0.2) is 0 Å². The third-order valence-corrected chi connectivity index (χ3v) is 3.18. The van der Waals surface area contributed by atoms with Crippen molar-refractivity contribution in [1.29, 1.82) is 0 Å². The molecule has 0 radical (unpaired) electrons. The monoisotopic (exact) mass is 300 g/mol. The summed E-state index contributed by atoms with van der Waals surface area (Å²) < 4.78 is 37.3. The van der Waals surface area contributed by atoms with Crippen molar-refractivity contribution in [2.75, 3.05) is 0 Å². The third-order valence-electron chi connectivity index (χ3n) is 2.94. The minimum atomic E-state index is -4.36. The van der Waals surface area contributed by atoms with Gasteiger partial charge in [-0.2, -0.15) is 13.2 Å². The SMILES string of the molecule is OC(Cc1cccc(Cl)c1)c1ccc(C(F)(F)F)cc1. The van der Waals surface area contributed by atoms with Gasteiger partial charge in [0.15, 0.2) is 0 Å². The van der Waals surface area contributed by atoms with Crippen molar-refractivity contribution in [1.82, 2.24) is 0 Å². The molecule has 1 atom stereocenters. The summed E-state index contributed by atoms with van der Waals surface area (Å²) in [6, 6.07) is 11.5. The Balaban J connectivity index is 2.11. The van der Waals surface area contributed by atoms with Crippen LogP contribution in [0.4, 0.5) is 13.2 Å². The fraction of sp³-hybridized carbons (Fsp3) is 0.200. The van der Waals surface area contributed by atoms with E-state index in [1.54, 1.807) is 24.3 Å². The summed E-state index contributed by atoms with van der Waals surface area (Å²) in [4.78, 5) is 0. The average molecular weight is 301 g/mol. The first kappa shape index (κ1) is 14.9. The maximum atomic E-state index is 12.4. The highest BCUT2D eigenvalue weighted by atomic mass is 35.5. The fourth-order valence-electron chi connectivity index (χ4n) is 1.90. The Hall–Kier alpha value is -1.52. The standard InChI is InChI=1S/C15H12ClF3O/c16-13-3-1-2-10(8-13)9-14(20)11-4-6-12(7-5-11)15(17,18)19/h1-8,14,20H,9H2. The Morgan fingerprint density at radius 3 is 2.25 bits per heavy atom. The molecular weight excluding hydrogens is 289 g/mol. The largest absolute Gasteiger partial charge is 0.416 e. The number of hydrogen-bond donors (Lipinski definition) is 1.